The lowest BCUT2D eigenvalue weighted by molar-refractivity contribution is 0.0712. The van der Waals surface area contributed by atoms with Crippen LogP contribution in [0.1, 0.15) is 12.8 Å². The Morgan fingerprint density at radius 2 is 1.50 bits per heavy atom. The van der Waals surface area contributed by atoms with Crippen LogP contribution in [0.5, 0.6) is 0 Å². The Hall–Kier alpha value is -3.06. The van der Waals surface area contributed by atoms with Crippen molar-refractivity contribution < 1.29 is 13.2 Å². The minimum atomic E-state index is -3.56. The third kappa shape index (κ3) is 5.39. The van der Waals surface area contributed by atoms with Crippen LogP contribution in [0.3, 0.4) is 0 Å². The van der Waals surface area contributed by atoms with Crippen LogP contribution in [0.4, 0.5) is 11.6 Å². The molecule has 2 aromatic heterocycles. The van der Waals surface area contributed by atoms with Crippen molar-refractivity contribution in [1.29, 1.82) is 0 Å². The van der Waals surface area contributed by atoms with Crippen molar-refractivity contribution >= 4 is 21.7 Å². The summed E-state index contributed by atoms with van der Waals surface area (Å²) in [6, 6.07) is 12.7. The van der Waals surface area contributed by atoms with Crippen molar-refractivity contribution in [3.05, 3.63) is 54.9 Å². The van der Waals surface area contributed by atoms with Gasteiger partial charge in [-0.2, -0.15) is 9.40 Å². The largest absolute Gasteiger partial charge is 0.377 e. The second-order valence-corrected chi connectivity index (χ2v) is 11.9. The molecule has 3 aliphatic rings. The van der Waals surface area contributed by atoms with Gasteiger partial charge in [0, 0.05) is 77.9 Å². The van der Waals surface area contributed by atoms with Crippen LogP contribution in [0.25, 0.3) is 5.69 Å². The Balaban J connectivity index is 1.01. The normalized spacial score (nSPS) is 21.7. The Morgan fingerprint density at radius 1 is 0.842 bits per heavy atom. The van der Waals surface area contributed by atoms with Gasteiger partial charge in [-0.05, 0) is 55.3 Å². The number of nitrogens with zero attached hydrogens (tertiary/aromatic N) is 8. The van der Waals surface area contributed by atoms with E-state index in [1.807, 2.05) is 24.4 Å². The van der Waals surface area contributed by atoms with E-state index >= 15 is 0 Å². The lowest BCUT2D eigenvalue weighted by Gasteiger charge is -2.36. The first-order valence-electron chi connectivity index (χ1n) is 13.3. The second kappa shape index (κ2) is 11.0. The number of anilines is 2. The van der Waals surface area contributed by atoms with Crippen LogP contribution in [0, 0.1) is 0 Å². The van der Waals surface area contributed by atoms with Gasteiger partial charge in [-0.1, -0.05) is 0 Å². The summed E-state index contributed by atoms with van der Waals surface area (Å²) in [6.45, 7) is 7.74. The van der Waals surface area contributed by atoms with E-state index in [0.717, 1.165) is 56.7 Å². The zero-order valence-electron chi connectivity index (χ0n) is 21.5. The van der Waals surface area contributed by atoms with Crippen molar-refractivity contribution in [2.45, 2.75) is 23.8 Å². The van der Waals surface area contributed by atoms with Gasteiger partial charge in [-0.3, -0.25) is 4.90 Å². The van der Waals surface area contributed by atoms with E-state index in [4.69, 9.17) is 4.74 Å². The van der Waals surface area contributed by atoms with E-state index in [9.17, 15) is 8.42 Å². The quantitative estimate of drug-likeness (QED) is 0.443. The molecule has 0 amide bonds. The number of sulfonamides is 1. The molecule has 0 N–H and O–H groups in total. The third-order valence-electron chi connectivity index (χ3n) is 7.62. The van der Waals surface area contributed by atoms with Gasteiger partial charge < -0.3 is 14.5 Å². The Morgan fingerprint density at radius 3 is 2.05 bits per heavy atom. The molecule has 12 heteroatoms. The van der Waals surface area contributed by atoms with Crippen molar-refractivity contribution in [3.8, 4) is 5.69 Å². The third-order valence-corrected chi connectivity index (χ3v) is 9.54. The van der Waals surface area contributed by atoms with Crippen LogP contribution < -0.4 is 9.80 Å². The number of ether oxygens (including phenoxy) is 1. The fourth-order valence-electron chi connectivity index (χ4n) is 5.39. The standard InChI is InChI=1S/C26H34N8O3S/c35-38(36,24-6-4-22(5-7-24)34-11-2-10-27-34)33-18-16-32(17-19-33)26-9-8-25(28-29-26)31-14-12-30(13-15-31)21-23-3-1-20-37-23/h2,4-11,23H,1,3,12-21H2. The first-order valence-corrected chi connectivity index (χ1v) is 14.8. The molecular formula is C26H34N8O3S. The summed E-state index contributed by atoms with van der Waals surface area (Å²) in [5.74, 6) is 1.68. The lowest BCUT2D eigenvalue weighted by atomic mass is 10.2. The topological polar surface area (TPSA) is 99.9 Å². The van der Waals surface area contributed by atoms with Crippen LogP contribution >= 0.6 is 0 Å². The highest BCUT2D eigenvalue weighted by Crippen LogP contribution is 2.23. The fourth-order valence-corrected chi connectivity index (χ4v) is 6.81. The highest BCUT2D eigenvalue weighted by molar-refractivity contribution is 7.89. The SMILES string of the molecule is O=S(=O)(c1ccc(-n2cccn2)cc1)N1CCN(c2ccc(N3CCN(CC4CCCO4)CC3)nn2)CC1. The van der Waals surface area contributed by atoms with Crippen molar-refractivity contribution in [2.75, 3.05) is 75.3 Å². The van der Waals surface area contributed by atoms with Crippen molar-refractivity contribution in [3.63, 3.8) is 0 Å². The molecule has 3 fully saturated rings. The molecule has 3 aliphatic heterocycles. The summed E-state index contributed by atoms with van der Waals surface area (Å²) < 4.78 is 35.4. The Kier molecular flexibility index (Phi) is 7.28. The molecule has 1 aromatic carbocycles. The molecule has 6 rings (SSSR count). The van der Waals surface area contributed by atoms with Gasteiger partial charge in [0.25, 0.3) is 0 Å². The number of benzene rings is 1. The van der Waals surface area contributed by atoms with E-state index in [2.05, 4.69) is 30.0 Å². The number of aromatic nitrogens is 4. The van der Waals surface area contributed by atoms with Gasteiger partial charge in [0.05, 0.1) is 16.7 Å². The van der Waals surface area contributed by atoms with Crippen LogP contribution in [0.2, 0.25) is 0 Å². The molecule has 11 nitrogen and oxygen atoms in total. The van der Waals surface area contributed by atoms with Gasteiger partial charge >= 0.3 is 0 Å². The number of hydrogen-bond donors (Lipinski definition) is 0. The molecule has 1 atom stereocenters. The van der Waals surface area contributed by atoms with Gasteiger partial charge in [-0.15, -0.1) is 10.2 Å². The monoisotopic (exact) mass is 538 g/mol. The molecule has 0 bridgehead atoms. The smallest absolute Gasteiger partial charge is 0.243 e. The number of piperazine rings is 2. The van der Waals surface area contributed by atoms with Crippen LogP contribution in [0.15, 0.2) is 59.8 Å². The number of hydrogen-bond acceptors (Lipinski definition) is 9. The van der Waals surface area contributed by atoms with E-state index in [1.54, 1.807) is 39.4 Å². The molecule has 0 radical (unpaired) electrons. The maximum atomic E-state index is 13.2. The average molecular weight is 539 g/mol. The molecule has 5 heterocycles. The van der Waals surface area contributed by atoms with E-state index in [-0.39, 0.29) is 0 Å². The fraction of sp³-hybridized carbons (Fsp3) is 0.500. The molecule has 38 heavy (non-hydrogen) atoms. The molecule has 0 saturated carbocycles. The zero-order valence-corrected chi connectivity index (χ0v) is 22.3. The Labute approximate surface area is 223 Å². The van der Waals surface area contributed by atoms with E-state index < -0.39 is 10.0 Å². The minimum absolute atomic E-state index is 0.293. The average Bonchev–Trinajstić information content (AvgIpc) is 3.69. The summed E-state index contributed by atoms with van der Waals surface area (Å²) in [5.41, 5.74) is 0.821. The van der Waals surface area contributed by atoms with Gasteiger partial charge in [0.2, 0.25) is 10.0 Å². The minimum Gasteiger partial charge on any atom is -0.377 e. The Bertz CT molecular complexity index is 1280. The van der Waals surface area contributed by atoms with Crippen LogP contribution in [-0.4, -0.2) is 109 Å². The predicted molar refractivity (Wildman–Crippen MR) is 144 cm³/mol. The van der Waals surface area contributed by atoms with Gasteiger partial charge in [0.1, 0.15) is 0 Å². The molecule has 0 aliphatic carbocycles. The van der Waals surface area contributed by atoms with E-state index in [1.165, 1.54) is 12.8 Å². The molecular weight excluding hydrogens is 504 g/mol. The van der Waals surface area contributed by atoms with Crippen molar-refractivity contribution in [1.82, 2.24) is 29.2 Å². The molecule has 1 unspecified atom stereocenters. The lowest BCUT2D eigenvalue weighted by Crippen LogP contribution is -2.49. The van der Waals surface area contributed by atoms with E-state index in [0.29, 0.717) is 37.2 Å². The maximum absolute atomic E-state index is 13.2. The molecule has 3 saturated heterocycles. The number of rotatable bonds is 7. The summed E-state index contributed by atoms with van der Waals surface area (Å²) in [5, 5.41) is 13.2. The van der Waals surface area contributed by atoms with Crippen LogP contribution in [-0.2, 0) is 14.8 Å². The zero-order chi connectivity index (χ0) is 26.0. The second-order valence-electron chi connectivity index (χ2n) is 10.0. The first-order chi connectivity index (χ1) is 18.6. The summed E-state index contributed by atoms with van der Waals surface area (Å²) in [4.78, 5) is 7.16. The molecule has 3 aromatic rings. The van der Waals surface area contributed by atoms with Gasteiger partial charge in [-0.25, -0.2) is 13.1 Å². The highest BCUT2D eigenvalue weighted by Gasteiger charge is 2.29. The summed E-state index contributed by atoms with van der Waals surface area (Å²) in [7, 11) is -3.56. The highest BCUT2D eigenvalue weighted by atomic mass is 32.2. The predicted octanol–water partition coefficient (Wildman–Crippen LogP) is 1.47. The van der Waals surface area contributed by atoms with Crippen molar-refractivity contribution in [2.24, 2.45) is 0 Å². The molecule has 202 valence electrons. The first kappa shape index (κ1) is 25.2. The summed E-state index contributed by atoms with van der Waals surface area (Å²) >= 11 is 0. The molecule has 0 spiro atoms. The summed E-state index contributed by atoms with van der Waals surface area (Å²) in [6.07, 6.45) is 6.26. The van der Waals surface area contributed by atoms with Gasteiger partial charge in [0.15, 0.2) is 11.6 Å². The maximum Gasteiger partial charge on any atom is 0.243 e.